The molecular weight excluding hydrogens is 262 g/mol. The van der Waals surface area contributed by atoms with Crippen molar-refractivity contribution in [2.24, 2.45) is 4.99 Å². The van der Waals surface area contributed by atoms with Gasteiger partial charge in [-0.05, 0) is 24.9 Å². The summed E-state index contributed by atoms with van der Waals surface area (Å²) in [6.07, 6.45) is 3.66. The van der Waals surface area contributed by atoms with Crippen LogP contribution in [0, 0.1) is 0 Å². The lowest BCUT2D eigenvalue weighted by atomic mass is 10.2. The van der Waals surface area contributed by atoms with Crippen LogP contribution in [0.4, 0.5) is 8.78 Å². The van der Waals surface area contributed by atoms with Gasteiger partial charge in [0.2, 0.25) is 0 Å². The van der Waals surface area contributed by atoms with Gasteiger partial charge in [-0.3, -0.25) is 4.99 Å². The van der Waals surface area contributed by atoms with Crippen molar-refractivity contribution in [3.8, 4) is 11.3 Å². The number of halogens is 2. The van der Waals surface area contributed by atoms with Crippen molar-refractivity contribution in [1.82, 2.24) is 14.8 Å². The van der Waals surface area contributed by atoms with Crippen molar-refractivity contribution in [3.63, 3.8) is 0 Å². The van der Waals surface area contributed by atoms with E-state index in [1.54, 1.807) is 18.3 Å². The van der Waals surface area contributed by atoms with E-state index in [1.807, 2.05) is 0 Å². The summed E-state index contributed by atoms with van der Waals surface area (Å²) in [7, 11) is 0. The molecule has 0 saturated heterocycles. The quantitative estimate of drug-likeness (QED) is 0.618. The third kappa shape index (κ3) is 2.85. The standard InChI is InChI=1S/C14H12F2N4/c1-3-11(8-17-2)20-9-10(7-18-20)12-5-4-6-13(19-12)14(15)16/h3-9,14H,1-2H2/b11-8+. The van der Waals surface area contributed by atoms with Crippen LogP contribution in [-0.4, -0.2) is 21.5 Å². The van der Waals surface area contributed by atoms with Crippen molar-refractivity contribution in [1.29, 1.82) is 0 Å². The molecule has 0 bridgehead atoms. The summed E-state index contributed by atoms with van der Waals surface area (Å²) < 4.78 is 26.8. The highest BCUT2D eigenvalue weighted by atomic mass is 19.3. The molecule has 0 fully saturated rings. The fraction of sp³-hybridized carbons (Fsp3) is 0.0714. The lowest BCUT2D eigenvalue weighted by Crippen LogP contribution is -1.94. The normalized spacial score (nSPS) is 11.7. The fourth-order valence-corrected chi connectivity index (χ4v) is 1.63. The molecule has 6 heteroatoms. The van der Waals surface area contributed by atoms with Crippen LogP contribution in [-0.2, 0) is 0 Å². The third-order valence-electron chi connectivity index (χ3n) is 2.57. The number of pyridine rings is 1. The molecule has 0 spiro atoms. The van der Waals surface area contributed by atoms with Gasteiger partial charge in [0.05, 0.1) is 23.8 Å². The molecule has 0 aliphatic carbocycles. The zero-order valence-corrected chi connectivity index (χ0v) is 10.6. The zero-order valence-electron chi connectivity index (χ0n) is 10.6. The number of aromatic nitrogens is 3. The highest BCUT2D eigenvalue weighted by Gasteiger charge is 2.11. The Balaban J connectivity index is 2.38. The van der Waals surface area contributed by atoms with Gasteiger partial charge < -0.3 is 0 Å². The van der Waals surface area contributed by atoms with E-state index in [9.17, 15) is 8.78 Å². The molecule has 0 aliphatic heterocycles. The molecule has 2 heterocycles. The summed E-state index contributed by atoms with van der Waals surface area (Å²) in [4.78, 5) is 7.55. The molecule has 2 rings (SSSR count). The first-order valence-electron chi connectivity index (χ1n) is 5.74. The molecule has 20 heavy (non-hydrogen) atoms. The van der Waals surface area contributed by atoms with Gasteiger partial charge >= 0.3 is 0 Å². The number of hydrogen-bond acceptors (Lipinski definition) is 3. The third-order valence-corrected chi connectivity index (χ3v) is 2.57. The first-order chi connectivity index (χ1) is 9.65. The summed E-state index contributed by atoms with van der Waals surface area (Å²) in [5, 5.41) is 4.12. The lowest BCUT2D eigenvalue weighted by molar-refractivity contribution is 0.146. The predicted octanol–water partition coefficient (Wildman–Crippen LogP) is 3.57. The van der Waals surface area contributed by atoms with Gasteiger partial charge in [0.1, 0.15) is 5.69 Å². The molecule has 0 atom stereocenters. The Morgan fingerprint density at radius 1 is 1.40 bits per heavy atom. The molecule has 0 unspecified atom stereocenters. The van der Waals surface area contributed by atoms with E-state index in [-0.39, 0.29) is 5.69 Å². The number of alkyl halides is 2. The summed E-state index contributed by atoms with van der Waals surface area (Å²) in [6, 6.07) is 4.47. The van der Waals surface area contributed by atoms with E-state index in [0.717, 1.165) is 0 Å². The van der Waals surface area contributed by atoms with Crippen LogP contribution in [0.3, 0.4) is 0 Å². The summed E-state index contributed by atoms with van der Waals surface area (Å²) in [6.45, 7) is 7.00. The maximum atomic E-state index is 12.6. The van der Waals surface area contributed by atoms with Crippen LogP contribution in [0.1, 0.15) is 12.1 Å². The summed E-state index contributed by atoms with van der Waals surface area (Å²) >= 11 is 0. The van der Waals surface area contributed by atoms with Gasteiger partial charge in [-0.1, -0.05) is 12.6 Å². The van der Waals surface area contributed by atoms with Gasteiger partial charge in [0, 0.05) is 11.8 Å². The SMILES string of the molecule is C=C/C(=C\N=C)n1cc(-c2cccc(C(F)F)n2)cn1. The Bertz CT molecular complexity index is 659. The minimum atomic E-state index is -2.60. The molecule has 0 aromatic carbocycles. The topological polar surface area (TPSA) is 43.1 Å². The van der Waals surface area contributed by atoms with Crippen LogP contribution < -0.4 is 0 Å². The number of nitrogens with zero attached hydrogens (tertiary/aromatic N) is 4. The number of allylic oxidation sites excluding steroid dienone is 2. The smallest absolute Gasteiger partial charge is 0.270 e. The van der Waals surface area contributed by atoms with E-state index >= 15 is 0 Å². The van der Waals surface area contributed by atoms with Crippen LogP contribution in [0.25, 0.3) is 17.0 Å². The van der Waals surface area contributed by atoms with Crippen LogP contribution >= 0.6 is 0 Å². The average Bonchev–Trinajstić information content (AvgIpc) is 2.94. The first-order valence-corrected chi connectivity index (χ1v) is 5.74. The van der Waals surface area contributed by atoms with Gasteiger partial charge in [0.25, 0.3) is 6.43 Å². The molecule has 102 valence electrons. The highest BCUT2D eigenvalue weighted by Crippen LogP contribution is 2.22. The van der Waals surface area contributed by atoms with Gasteiger partial charge in [-0.2, -0.15) is 5.10 Å². The van der Waals surface area contributed by atoms with Crippen LogP contribution in [0.2, 0.25) is 0 Å². The first kappa shape index (κ1) is 13.8. The second-order valence-corrected chi connectivity index (χ2v) is 3.86. The molecule has 0 radical (unpaired) electrons. The fourth-order valence-electron chi connectivity index (χ4n) is 1.63. The lowest BCUT2D eigenvalue weighted by Gasteiger charge is -2.01. The van der Waals surface area contributed by atoms with Gasteiger partial charge in [-0.15, -0.1) is 0 Å². The molecule has 0 saturated carbocycles. The second-order valence-electron chi connectivity index (χ2n) is 3.86. The second kappa shape index (κ2) is 6.01. The summed E-state index contributed by atoms with van der Waals surface area (Å²) in [5.74, 6) is 0. The van der Waals surface area contributed by atoms with Crippen LogP contribution in [0.5, 0.6) is 0 Å². The predicted molar refractivity (Wildman–Crippen MR) is 74.4 cm³/mol. The Hall–Kier alpha value is -2.63. The van der Waals surface area contributed by atoms with Crippen molar-refractivity contribution < 1.29 is 8.78 Å². The van der Waals surface area contributed by atoms with E-state index < -0.39 is 6.43 Å². The Morgan fingerprint density at radius 3 is 2.85 bits per heavy atom. The Morgan fingerprint density at radius 2 is 2.20 bits per heavy atom. The zero-order chi connectivity index (χ0) is 14.5. The Labute approximate surface area is 114 Å². The minimum absolute atomic E-state index is 0.262. The number of hydrogen-bond donors (Lipinski definition) is 0. The average molecular weight is 274 g/mol. The van der Waals surface area contributed by atoms with Gasteiger partial charge in [-0.25, -0.2) is 18.4 Å². The molecular formula is C14H12F2N4. The van der Waals surface area contributed by atoms with Crippen molar-refractivity contribution in [2.75, 3.05) is 0 Å². The molecule has 4 nitrogen and oxygen atoms in total. The monoisotopic (exact) mass is 274 g/mol. The number of aliphatic imine (C=N–C) groups is 1. The molecule has 0 N–H and O–H groups in total. The minimum Gasteiger partial charge on any atom is -0.270 e. The van der Waals surface area contributed by atoms with Crippen molar-refractivity contribution in [3.05, 3.63) is 55.1 Å². The van der Waals surface area contributed by atoms with Crippen molar-refractivity contribution >= 4 is 12.4 Å². The van der Waals surface area contributed by atoms with E-state index in [2.05, 4.69) is 28.4 Å². The van der Waals surface area contributed by atoms with Gasteiger partial charge in [0.15, 0.2) is 0 Å². The van der Waals surface area contributed by atoms with E-state index in [1.165, 1.54) is 29.2 Å². The molecule has 0 amide bonds. The number of rotatable bonds is 5. The van der Waals surface area contributed by atoms with E-state index in [0.29, 0.717) is 17.0 Å². The maximum Gasteiger partial charge on any atom is 0.280 e. The van der Waals surface area contributed by atoms with Crippen LogP contribution in [0.15, 0.2) is 54.4 Å². The largest absolute Gasteiger partial charge is 0.280 e. The van der Waals surface area contributed by atoms with E-state index in [4.69, 9.17) is 0 Å². The molecule has 0 aliphatic rings. The Kier molecular flexibility index (Phi) is 4.14. The molecule has 2 aromatic rings. The maximum absolute atomic E-state index is 12.6. The van der Waals surface area contributed by atoms with Crippen molar-refractivity contribution in [2.45, 2.75) is 6.43 Å². The molecule has 2 aromatic heterocycles. The highest BCUT2D eigenvalue weighted by molar-refractivity contribution is 5.62. The summed E-state index contributed by atoms with van der Waals surface area (Å²) in [5.41, 5.74) is 1.42.